The van der Waals surface area contributed by atoms with Gasteiger partial charge in [-0.25, -0.2) is 4.98 Å². The average molecular weight is 364 g/mol. The lowest BCUT2D eigenvalue weighted by Crippen LogP contribution is -2.18. The van der Waals surface area contributed by atoms with E-state index in [1.807, 2.05) is 0 Å². The van der Waals surface area contributed by atoms with E-state index in [-0.39, 0.29) is 24.1 Å². The molecule has 0 saturated heterocycles. The van der Waals surface area contributed by atoms with Crippen LogP contribution in [0, 0.1) is 0 Å². The van der Waals surface area contributed by atoms with Crippen LogP contribution >= 0.6 is 23.7 Å². The predicted octanol–water partition coefficient (Wildman–Crippen LogP) is 3.38. The van der Waals surface area contributed by atoms with E-state index in [2.05, 4.69) is 20.4 Å². The molecule has 2 rings (SSSR count). The first-order valence-corrected chi connectivity index (χ1v) is 7.41. The Morgan fingerprint density at radius 1 is 1.35 bits per heavy atom. The van der Waals surface area contributed by atoms with Gasteiger partial charge in [0.25, 0.3) is 0 Å². The van der Waals surface area contributed by atoms with E-state index in [0.717, 1.165) is 5.56 Å². The molecule has 0 unspecified atom stereocenters. The summed E-state index contributed by atoms with van der Waals surface area (Å²) in [6, 6.07) is 6.18. The van der Waals surface area contributed by atoms with E-state index in [1.165, 1.54) is 23.5 Å². The molecule has 0 bridgehead atoms. The van der Waals surface area contributed by atoms with Gasteiger partial charge in [-0.3, -0.25) is 4.79 Å². The highest BCUT2D eigenvalue weighted by molar-refractivity contribution is 7.14. The number of carbonyl (C=O) groups is 1. The van der Waals surface area contributed by atoms with Crippen LogP contribution in [0.2, 0.25) is 0 Å². The summed E-state index contributed by atoms with van der Waals surface area (Å²) >= 11 is 1.31. The highest BCUT2D eigenvalue weighted by Gasteiger charge is 2.09. The van der Waals surface area contributed by atoms with Crippen LogP contribution in [0.15, 0.2) is 29.6 Å². The van der Waals surface area contributed by atoms with Crippen molar-refractivity contribution in [3.05, 3.63) is 29.6 Å². The molecule has 2 N–H and O–H groups in total. The number of halogens is 3. The molecule has 9 heteroatoms. The summed E-state index contributed by atoms with van der Waals surface area (Å²) in [6.45, 7) is -2.25. The van der Waals surface area contributed by atoms with Gasteiger partial charge in [0.2, 0.25) is 5.91 Å². The topological polar surface area (TPSA) is 63.2 Å². The summed E-state index contributed by atoms with van der Waals surface area (Å²) in [7, 11) is 1.77. The summed E-state index contributed by atoms with van der Waals surface area (Å²) in [4.78, 5) is 15.9. The zero-order valence-electron chi connectivity index (χ0n) is 12.2. The van der Waals surface area contributed by atoms with Gasteiger partial charge in [-0.1, -0.05) is 0 Å². The molecule has 2 aromatic rings. The number of thiazole rings is 1. The number of hydrogen-bond donors (Lipinski definition) is 2. The van der Waals surface area contributed by atoms with Gasteiger partial charge in [0, 0.05) is 23.9 Å². The molecule has 5 nitrogen and oxygen atoms in total. The Morgan fingerprint density at radius 2 is 2.04 bits per heavy atom. The van der Waals surface area contributed by atoms with Crippen molar-refractivity contribution in [2.45, 2.75) is 13.0 Å². The van der Waals surface area contributed by atoms with Crippen LogP contribution in [-0.4, -0.2) is 31.1 Å². The van der Waals surface area contributed by atoms with Crippen molar-refractivity contribution in [2.75, 3.05) is 18.9 Å². The highest BCUT2D eigenvalue weighted by Crippen LogP contribution is 2.27. The molecule has 0 spiro atoms. The summed E-state index contributed by atoms with van der Waals surface area (Å²) in [6.07, 6.45) is 0.366. The zero-order chi connectivity index (χ0) is 15.9. The number of nitrogens with zero attached hydrogens (tertiary/aromatic N) is 1. The van der Waals surface area contributed by atoms with E-state index in [4.69, 9.17) is 0 Å². The summed E-state index contributed by atoms with van der Waals surface area (Å²) in [5, 5.41) is 7.89. The van der Waals surface area contributed by atoms with Gasteiger partial charge < -0.3 is 15.4 Å². The van der Waals surface area contributed by atoms with Gasteiger partial charge in [-0.2, -0.15) is 8.78 Å². The second kappa shape index (κ2) is 9.39. The number of hydrogen-bond acceptors (Lipinski definition) is 5. The molecule has 0 fully saturated rings. The number of rotatable bonds is 7. The molecule has 0 aliphatic rings. The minimum atomic E-state index is -2.84. The molecule has 23 heavy (non-hydrogen) atoms. The van der Waals surface area contributed by atoms with Gasteiger partial charge in [0.15, 0.2) is 5.13 Å². The van der Waals surface area contributed by atoms with Gasteiger partial charge in [0.1, 0.15) is 5.75 Å². The molecule has 1 amide bonds. The average Bonchev–Trinajstić information content (AvgIpc) is 2.93. The Hall–Kier alpha value is -1.77. The maximum Gasteiger partial charge on any atom is 0.387 e. The van der Waals surface area contributed by atoms with E-state index < -0.39 is 6.61 Å². The van der Waals surface area contributed by atoms with Crippen molar-refractivity contribution < 1.29 is 18.3 Å². The third-order valence-electron chi connectivity index (χ3n) is 2.73. The van der Waals surface area contributed by atoms with Crippen molar-refractivity contribution in [3.8, 4) is 17.0 Å². The van der Waals surface area contributed by atoms with Crippen LogP contribution in [-0.2, 0) is 4.79 Å². The van der Waals surface area contributed by atoms with Crippen LogP contribution in [0.4, 0.5) is 13.9 Å². The van der Waals surface area contributed by atoms with E-state index in [0.29, 0.717) is 23.8 Å². The molecule has 1 aromatic heterocycles. The normalized spacial score (nSPS) is 10.3. The van der Waals surface area contributed by atoms with Crippen molar-refractivity contribution in [1.82, 2.24) is 10.3 Å². The molecule has 0 atom stereocenters. The van der Waals surface area contributed by atoms with Gasteiger partial charge in [-0.15, -0.1) is 23.7 Å². The monoisotopic (exact) mass is 363 g/mol. The fraction of sp³-hybridized carbons (Fsp3) is 0.286. The van der Waals surface area contributed by atoms with Crippen molar-refractivity contribution in [2.24, 2.45) is 0 Å². The van der Waals surface area contributed by atoms with Gasteiger partial charge >= 0.3 is 6.61 Å². The van der Waals surface area contributed by atoms with Gasteiger partial charge in [0.05, 0.1) is 5.69 Å². The number of alkyl halides is 2. The fourth-order valence-corrected chi connectivity index (χ4v) is 2.43. The van der Waals surface area contributed by atoms with Crippen molar-refractivity contribution in [1.29, 1.82) is 0 Å². The van der Waals surface area contributed by atoms with Crippen LogP contribution in [0.3, 0.4) is 0 Å². The van der Waals surface area contributed by atoms with E-state index in [1.54, 1.807) is 24.6 Å². The molecule has 1 aromatic carbocycles. The number of aromatic nitrogens is 1. The number of amides is 1. The first kappa shape index (κ1) is 19.3. The Balaban J connectivity index is 0.00000264. The lowest BCUT2D eigenvalue weighted by Gasteiger charge is -2.04. The second-order valence-electron chi connectivity index (χ2n) is 4.34. The zero-order valence-corrected chi connectivity index (χ0v) is 13.8. The number of ether oxygens (including phenoxy) is 1. The maximum atomic E-state index is 12.1. The van der Waals surface area contributed by atoms with Gasteiger partial charge in [-0.05, 0) is 31.3 Å². The van der Waals surface area contributed by atoms with Crippen molar-refractivity contribution >= 4 is 34.8 Å². The third kappa shape index (κ3) is 6.09. The minimum absolute atomic E-state index is 0. The molecule has 126 valence electrons. The first-order chi connectivity index (χ1) is 10.6. The standard InChI is InChI=1S/C14H15F2N3O2S.ClH/c1-17-7-6-12(20)19-14-18-11(8-22-14)9-2-4-10(5-3-9)21-13(15)16;/h2-5,8,13,17H,6-7H2,1H3,(H,18,19,20);1H. The Labute approximate surface area is 142 Å². The van der Waals surface area contributed by atoms with Crippen LogP contribution in [0.25, 0.3) is 11.3 Å². The lowest BCUT2D eigenvalue weighted by atomic mass is 10.2. The quantitative estimate of drug-likeness (QED) is 0.791. The predicted molar refractivity (Wildman–Crippen MR) is 88.6 cm³/mol. The van der Waals surface area contributed by atoms with Crippen LogP contribution in [0.1, 0.15) is 6.42 Å². The third-order valence-corrected chi connectivity index (χ3v) is 3.49. The second-order valence-corrected chi connectivity index (χ2v) is 5.20. The summed E-state index contributed by atoms with van der Waals surface area (Å²) < 4.78 is 28.4. The van der Waals surface area contributed by atoms with Crippen LogP contribution in [0.5, 0.6) is 5.75 Å². The number of benzene rings is 1. The van der Waals surface area contributed by atoms with E-state index >= 15 is 0 Å². The SMILES string of the molecule is CNCCC(=O)Nc1nc(-c2ccc(OC(F)F)cc2)cs1.Cl. The largest absolute Gasteiger partial charge is 0.435 e. The van der Waals surface area contributed by atoms with Crippen molar-refractivity contribution in [3.63, 3.8) is 0 Å². The molecule has 1 heterocycles. The summed E-state index contributed by atoms with van der Waals surface area (Å²) in [5.74, 6) is -0.0227. The number of anilines is 1. The molecular weight excluding hydrogens is 348 g/mol. The lowest BCUT2D eigenvalue weighted by molar-refractivity contribution is -0.116. The Kier molecular flexibility index (Phi) is 7.87. The summed E-state index contributed by atoms with van der Waals surface area (Å²) in [5.41, 5.74) is 1.42. The molecule has 0 aliphatic carbocycles. The molecular formula is C14H16ClF2N3O2S. The fourth-order valence-electron chi connectivity index (χ4n) is 1.69. The van der Waals surface area contributed by atoms with E-state index in [9.17, 15) is 13.6 Å². The number of nitrogens with one attached hydrogen (secondary N) is 2. The Morgan fingerprint density at radius 3 is 2.65 bits per heavy atom. The maximum absolute atomic E-state index is 12.1. The minimum Gasteiger partial charge on any atom is -0.435 e. The Bertz CT molecular complexity index is 623. The smallest absolute Gasteiger partial charge is 0.387 e. The van der Waals surface area contributed by atoms with Crippen LogP contribution < -0.4 is 15.4 Å². The number of carbonyl (C=O) groups excluding carboxylic acids is 1. The molecule has 0 radical (unpaired) electrons. The highest BCUT2D eigenvalue weighted by atomic mass is 35.5. The molecule has 0 aliphatic heterocycles. The first-order valence-electron chi connectivity index (χ1n) is 6.53. The molecule has 0 saturated carbocycles.